The standard InChI is InChI=1S/C20H26O7S/c21-19(26-16-7-3-1-4-8-16)14-11-15(13-18(12-14)28(23,24)25)20(22)27-17-9-5-2-6-10-17/h11-13,16-17H,1-10H2,(H,23,24,25). The average Bonchev–Trinajstić information content (AvgIpc) is 2.68. The summed E-state index contributed by atoms with van der Waals surface area (Å²) in [5.41, 5.74) is -0.174. The molecule has 7 nitrogen and oxygen atoms in total. The van der Waals surface area contributed by atoms with E-state index in [2.05, 4.69) is 0 Å². The highest BCUT2D eigenvalue weighted by Gasteiger charge is 2.25. The number of benzene rings is 1. The van der Waals surface area contributed by atoms with Crippen molar-refractivity contribution in [1.82, 2.24) is 0 Å². The van der Waals surface area contributed by atoms with Gasteiger partial charge in [-0.3, -0.25) is 4.55 Å². The van der Waals surface area contributed by atoms with Crippen LogP contribution in [0.5, 0.6) is 0 Å². The number of carbonyl (C=O) groups is 2. The first-order valence-electron chi connectivity index (χ1n) is 9.87. The Bertz CT molecular complexity index is 769. The summed E-state index contributed by atoms with van der Waals surface area (Å²) in [6.07, 6.45) is 8.73. The smallest absolute Gasteiger partial charge is 0.338 e. The molecule has 2 aliphatic carbocycles. The van der Waals surface area contributed by atoms with Crippen molar-refractivity contribution in [1.29, 1.82) is 0 Å². The van der Waals surface area contributed by atoms with Gasteiger partial charge >= 0.3 is 11.9 Å². The van der Waals surface area contributed by atoms with Crippen LogP contribution in [-0.4, -0.2) is 37.1 Å². The quantitative estimate of drug-likeness (QED) is 0.579. The van der Waals surface area contributed by atoms with E-state index >= 15 is 0 Å². The molecule has 0 bridgehead atoms. The van der Waals surface area contributed by atoms with Crippen molar-refractivity contribution in [2.75, 3.05) is 0 Å². The summed E-state index contributed by atoms with van der Waals surface area (Å²) in [6.45, 7) is 0. The van der Waals surface area contributed by atoms with Crippen molar-refractivity contribution in [2.24, 2.45) is 0 Å². The third-order valence-electron chi connectivity index (χ3n) is 5.33. The molecule has 0 unspecified atom stereocenters. The van der Waals surface area contributed by atoms with Gasteiger partial charge < -0.3 is 9.47 Å². The highest BCUT2D eigenvalue weighted by atomic mass is 32.2. The highest BCUT2D eigenvalue weighted by Crippen LogP contribution is 2.25. The molecular weight excluding hydrogens is 384 g/mol. The molecule has 8 heteroatoms. The van der Waals surface area contributed by atoms with Gasteiger partial charge in [-0.05, 0) is 69.6 Å². The fourth-order valence-corrected chi connectivity index (χ4v) is 4.34. The van der Waals surface area contributed by atoms with Gasteiger partial charge in [0.05, 0.1) is 16.0 Å². The summed E-state index contributed by atoms with van der Waals surface area (Å²) in [7, 11) is -4.60. The Hall–Kier alpha value is -1.93. The number of hydrogen-bond donors (Lipinski definition) is 1. The Kier molecular flexibility index (Phi) is 6.72. The minimum absolute atomic E-state index is 0.0868. The second-order valence-corrected chi connectivity index (χ2v) is 8.97. The lowest BCUT2D eigenvalue weighted by molar-refractivity contribution is 0.0209. The summed E-state index contributed by atoms with van der Waals surface area (Å²) in [5, 5.41) is 0. The van der Waals surface area contributed by atoms with Gasteiger partial charge in [0.1, 0.15) is 12.2 Å². The monoisotopic (exact) mass is 410 g/mol. The first-order chi connectivity index (χ1) is 13.3. The van der Waals surface area contributed by atoms with Crippen molar-refractivity contribution in [3.8, 4) is 0 Å². The SMILES string of the molecule is O=C(OC1CCCCC1)c1cc(C(=O)OC2CCCCC2)cc(S(=O)(=O)O)c1. The van der Waals surface area contributed by atoms with Gasteiger partial charge in [0.15, 0.2) is 0 Å². The van der Waals surface area contributed by atoms with Crippen molar-refractivity contribution in [2.45, 2.75) is 81.3 Å². The zero-order chi connectivity index (χ0) is 20.1. The maximum atomic E-state index is 12.5. The molecule has 1 aromatic carbocycles. The molecule has 0 radical (unpaired) electrons. The third-order valence-corrected chi connectivity index (χ3v) is 6.16. The van der Waals surface area contributed by atoms with Crippen LogP contribution in [0, 0.1) is 0 Å². The minimum Gasteiger partial charge on any atom is -0.459 e. The zero-order valence-corrected chi connectivity index (χ0v) is 16.6. The van der Waals surface area contributed by atoms with Gasteiger partial charge in [-0.2, -0.15) is 8.42 Å². The lowest BCUT2D eigenvalue weighted by Crippen LogP contribution is -2.23. The predicted molar refractivity (Wildman–Crippen MR) is 101 cm³/mol. The van der Waals surface area contributed by atoms with Gasteiger partial charge in [0.25, 0.3) is 10.1 Å². The van der Waals surface area contributed by atoms with Crippen LogP contribution in [0.2, 0.25) is 0 Å². The van der Waals surface area contributed by atoms with E-state index in [4.69, 9.17) is 9.47 Å². The van der Waals surface area contributed by atoms with Crippen LogP contribution in [-0.2, 0) is 19.6 Å². The third kappa shape index (κ3) is 5.54. The molecule has 0 aromatic heterocycles. The molecular formula is C20H26O7S. The summed E-state index contributed by atoms with van der Waals surface area (Å²) >= 11 is 0. The van der Waals surface area contributed by atoms with Crippen molar-refractivity contribution in [3.05, 3.63) is 29.3 Å². The Morgan fingerprint density at radius 1 is 0.750 bits per heavy atom. The van der Waals surface area contributed by atoms with Gasteiger partial charge in [-0.15, -0.1) is 0 Å². The maximum absolute atomic E-state index is 12.5. The largest absolute Gasteiger partial charge is 0.459 e. The molecule has 1 aromatic rings. The molecule has 0 aliphatic heterocycles. The zero-order valence-electron chi connectivity index (χ0n) is 15.8. The molecule has 0 spiro atoms. The van der Waals surface area contributed by atoms with Crippen LogP contribution in [0.3, 0.4) is 0 Å². The van der Waals surface area contributed by atoms with E-state index in [1.165, 1.54) is 6.07 Å². The molecule has 2 saturated carbocycles. The lowest BCUT2D eigenvalue weighted by atomic mass is 9.97. The van der Waals surface area contributed by atoms with Crippen LogP contribution < -0.4 is 0 Å². The molecule has 28 heavy (non-hydrogen) atoms. The van der Waals surface area contributed by atoms with Crippen LogP contribution in [0.4, 0.5) is 0 Å². The Morgan fingerprint density at radius 3 is 1.50 bits per heavy atom. The Balaban J connectivity index is 1.81. The van der Waals surface area contributed by atoms with E-state index in [1.807, 2.05) is 0 Å². The molecule has 0 amide bonds. The minimum atomic E-state index is -4.60. The molecule has 3 rings (SSSR count). The Labute approximate surface area is 165 Å². The first-order valence-corrected chi connectivity index (χ1v) is 11.3. The predicted octanol–water partition coefficient (Wildman–Crippen LogP) is 3.91. The van der Waals surface area contributed by atoms with E-state index in [9.17, 15) is 22.6 Å². The van der Waals surface area contributed by atoms with Gasteiger partial charge in [-0.25, -0.2) is 9.59 Å². The molecule has 1 N–H and O–H groups in total. The fraction of sp³-hybridized carbons (Fsp3) is 0.600. The van der Waals surface area contributed by atoms with Crippen LogP contribution in [0.25, 0.3) is 0 Å². The molecule has 2 fully saturated rings. The number of carbonyl (C=O) groups excluding carboxylic acids is 2. The van der Waals surface area contributed by atoms with E-state index in [0.717, 1.165) is 76.3 Å². The number of rotatable bonds is 5. The van der Waals surface area contributed by atoms with E-state index in [1.54, 1.807) is 0 Å². The van der Waals surface area contributed by atoms with Crippen molar-refractivity contribution in [3.63, 3.8) is 0 Å². The van der Waals surface area contributed by atoms with Gasteiger partial charge in [0.2, 0.25) is 0 Å². The second kappa shape index (κ2) is 9.05. The second-order valence-electron chi connectivity index (χ2n) is 7.55. The topological polar surface area (TPSA) is 107 Å². The van der Waals surface area contributed by atoms with Gasteiger partial charge in [-0.1, -0.05) is 12.8 Å². The number of ether oxygens (including phenoxy) is 2. The summed E-state index contributed by atoms with van der Waals surface area (Å²) in [6, 6.07) is 3.32. The highest BCUT2D eigenvalue weighted by molar-refractivity contribution is 7.85. The van der Waals surface area contributed by atoms with Crippen LogP contribution in [0.15, 0.2) is 23.1 Å². The fourth-order valence-electron chi connectivity index (χ4n) is 3.79. The molecule has 0 heterocycles. The summed E-state index contributed by atoms with van der Waals surface area (Å²) < 4.78 is 43.6. The van der Waals surface area contributed by atoms with Gasteiger partial charge in [0, 0.05) is 0 Å². The maximum Gasteiger partial charge on any atom is 0.338 e. The molecule has 0 atom stereocenters. The van der Waals surface area contributed by atoms with Crippen LogP contribution >= 0.6 is 0 Å². The molecule has 154 valence electrons. The van der Waals surface area contributed by atoms with E-state index < -0.39 is 27.0 Å². The van der Waals surface area contributed by atoms with Crippen molar-refractivity contribution < 1.29 is 32.0 Å². The number of hydrogen-bond acceptors (Lipinski definition) is 6. The number of esters is 2. The average molecular weight is 410 g/mol. The van der Waals surface area contributed by atoms with Crippen molar-refractivity contribution >= 4 is 22.1 Å². The summed E-state index contributed by atoms with van der Waals surface area (Å²) in [4.78, 5) is 24.5. The normalized spacial score (nSPS) is 19.2. The molecule has 2 aliphatic rings. The molecule has 0 saturated heterocycles. The first kappa shape index (κ1) is 20.8. The Morgan fingerprint density at radius 2 is 1.14 bits per heavy atom. The van der Waals surface area contributed by atoms with E-state index in [0.29, 0.717) is 0 Å². The van der Waals surface area contributed by atoms with Crippen LogP contribution in [0.1, 0.15) is 84.9 Å². The summed E-state index contributed by atoms with van der Waals surface area (Å²) in [5.74, 6) is -1.41. The van der Waals surface area contributed by atoms with E-state index in [-0.39, 0.29) is 23.3 Å². The lowest BCUT2D eigenvalue weighted by Gasteiger charge is -2.23.